The van der Waals surface area contributed by atoms with E-state index in [9.17, 15) is 14.7 Å². The van der Waals surface area contributed by atoms with Crippen molar-refractivity contribution in [3.63, 3.8) is 0 Å². The van der Waals surface area contributed by atoms with Crippen LogP contribution in [0.2, 0.25) is 0 Å². The molecular weight excluding hydrogens is 254 g/mol. The maximum atomic E-state index is 12.1. The summed E-state index contributed by atoms with van der Waals surface area (Å²) in [7, 11) is 0. The normalized spacial score (nSPS) is 22.4. The summed E-state index contributed by atoms with van der Waals surface area (Å²) < 4.78 is 0. The van der Waals surface area contributed by atoms with Crippen LogP contribution in [0, 0.1) is 19.8 Å². The molecule has 1 fully saturated rings. The van der Waals surface area contributed by atoms with Crippen molar-refractivity contribution in [3.05, 3.63) is 34.9 Å². The number of hydrogen-bond donors (Lipinski definition) is 1. The molecule has 1 aromatic rings. The molecule has 1 aliphatic rings. The van der Waals surface area contributed by atoms with Gasteiger partial charge in [0, 0.05) is 13.0 Å². The van der Waals surface area contributed by atoms with Gasteiger partial charge >= 0.3 is 5.97 Å². The molecular formula is C16H21NO3. The van der Waals surface area contributed by atoms with Crippen molar-refractivity contribution in [3.8, 4) is 0 Å². The van der Waals surface area contributed by atoms with Crippen LogP contribution >= 0.6 is 0 Å². The summed E-state index contributed by atoms with van der Waals surface area (Å²) in [5.41, 5.74) is 3.23. The Morgan fingerprint density at radius 1 is 1.35 bits per heavy atom. The number of benzene rings is 1. The lowest BCUT2D eigenvalue weighted by Crippen LogP contribution is -2.31. The molecule has 0 saturated carbocycles. The molecule has 0 aromatic heterocycles. The Kier molecular flexibility index (Phi) is 4.12. The number of carboxylic acid groups (broad SMARTS) is 1. The van der Waals surface area contributed by atoms with Crippen LogP contribution in [-0.4, -0.2) is 28.4 Å². The molecule has 4 nitrogen and oxygen atoms in total. The number of amides is 1. The molecule has 1 heterocycles. The Balaban J connectivity index is 2.43. The summed E-state index contributed by atoms with van der Waals surface area (Å²) >= 11 is 0. The van der Waals surface area contributed by atoms with Crippen molar-refractivity contribution in [1.29, 1.82) is 0 Å². The van der Waals surface area contributed by atoms with Crippen LogP contribution in [-0.2, 0) is 9.59 Å². The molecule has 1 aromatic carbocycles. The molecule has 4 heteroatoms. The lowest BCUT2D eigenvalue weighted by molar-refractivity contribution is -0.142. The average Bonchev–Trinajstić information content (AvgIpc) is 2.71. The van der Waals surface area contributed by atoms with Crippen LogP contribution in [0.3, 0.4) is 0 Å². The van der Waals surface area contributed by atoms with E-state index in [0.29, 0.717) is 6.54 Å². The van der Waals surface area contributed by atoms with E-state index >= 15 is 0 Å². The molecule has 1 amide bonds. The second-order valence-corrected chi connectivity index (χ2v) is 5.52. The second kappa shape index (κ2) is 5.65. The average molecular weight is 275 g/mol. The third-order valence-electron chi connectivity index (χ3n) is 4.09. The lowest BCUT2D eigenvalue weighted by Gasteiger charge is -2.27. The van der Waals surface area contributed by atoms with Gasteiger partial charge in [-0.2, -0.15) is 0 Å². The number of carbonyl (C=O) groups excluding carboxylic acids is 1. The van der Waals surface area contributed by atoms with Gasteiger partial charge in [-0.1, -0.05) is 25.1 Å². The van der Waals surface area contributed by atoms with E-state index < -0.39 is 11.9 Å². The predicted octanol–water partition coefficient (Wildman–Crippen LogP) is 2.69. The third kappa shape index (κ3) is 2.55. The minimum Gasteiger partial charge on any atom is -0.481 e. The van der Waals surface area contributed by atoms with Gasteiger partial charge in [0.2, 0.25) is 5.91 Å². The largest absolute Gasteiger partial charge is 0.481 e. The summed E-state index contributed by atoms with van der Waals surface area (Å²) in [5.74, 6) is -1.58. The van der Waals surface area contributed by atoms with Crippen molar-refractivity contribution in [2.75, 3.05) is 6.54 Å². The SMILES string of the molecule is CCCN1C(=O)CC(C(=O)O)C1c1ccc(C)c(C)c1. The molecule has 2 atom stereocenters. The number of carbonyl (C=O) groups is 2. The molecule has 1 saturated heterocycles. The van der Waals surface area contributed by atoms with Gasteiger partial charge in [-0.15, -0.1) is 0 Å². The first kappa shape index (κ1) is 14.6. The van der Waals surface area contributed by atoms with Gasteiger partial charge in [0.05, 0.1) is 12.0 Å². The summed E-state index contributed by atoms with van der Waals surface area (Å²) in [5, 5.41) is 9.39. The maximum absolute atomic E-state index is 12.1. The summed E-state index contributed by atoms with van der Waals surface area (Å²) in [6.07, 6.45) is 0.937. The number of carboxylic acids is 1. The van der Waals surface area contributed by atoms with Gasteiger partial charge in [-0.25, -0.2) is 0 Å². The highest BCUT2D eigenvalue weighted by molar-refractivity contribution is 5.87. The highest BCUT2D eigenvalue weighted by atomic mass is 16.4. The fourth-order valence-corrected chi connectivity index (χ4v) is 2.88. The van der Waals surface area contributed by atoms with Crippen LogP contribution in [0.4, 0.5) is 0 Å². The molecule has 0 radical (unpaired) electrons. The van der Waals surface area contributed by atoms with Crippen molar-refractivity contribution in [1.82, 2.24) is 4.90 Å². The molecule has 108 valence electrons. The molecule has 1 aliphatic heterocycles. The Morgan fingerprint density at radius 2 is 2.05 bits per heavy atom. The van der Waals surface area contributed by atoms with Crippen LogP contribution < -0.4 is 0 Å². The Morgan fingerprint density at radius 3 is 2.60 bits per heavy atom. The first-order valence-corrected chi connectivity index (χ1v) is 7.05. The molecule has 0 aliphatic carbocycles. The van der Waals surface area contributed by atoms with E-state index in [1.165, 1.54) is 5.56 Å². The van der Waals surface area contributed by atoms with Crippen molar-refractivity contribution >= 4 is 11.9 Å². The summed E-state index contributed by atoms with van der Waals surface area (Å²) in [6.45, 7) is 6.64. The number of aliphatic carboxylic acids is 1. The van der Waals surface area contributed by atoms with E-state index in [4.69, 9.17) is 0 Å². The number of rotatable bonds is 4. The van der Waals surface area contributed by atoms with Gasteiger partial charge in [-0.05, 0) is 37.0 Å². The van der Waals surface area contributed by atoms with Crippen molar-refractivity contribution in [2.45, 2.75) is 39.7 Å². The van der Waals surface area contributed by atoms with Crippen molar-refractivity contribution < 1.29 is 14.7 Å². The van der Waals surface area contributed by atoms with E-state index in [-0.39, 0.29) is 18.4 Å². The smallest absolute Gasteiger partial charge is 0.309 e. The first-order chi connectivity index (χ1) is 9.45. The zero-order valence-corrected chi connectivity index (χ0v) is 12.2. The van der Waals surface area contributed by atoms with E-state index in [0.717, 1.165) is 17.5 Å². The number of aryl methyl sites for hydroxylation is 2. The molecule has 2 unspecified atom stereocenters. The van der Waals surface area contributed by atoms with Gasteiger partial charge in [-0.3, -0.25) is 9.59 Å². The highest BCUT2D eigenvalue weighted by Gasteiger charge is 2.44. The fraction of sp³-hybridized carbons (Fsp3) is 0.500. The Bertz CT molecular complexity index is 539. The fourth-order valence-electron chi connectivity index (χ4n) is 2.88. The van der Waals surface area contributed by atoms with Gasteiger partial charge < -0.3 is 10.0 Å². The van der Waals surface area contributed by atoms with Gasteiger partial charge in [0.25, 0.3) is 0 Å². The van der Waals surface area contributed by atoms with E-state index in [1.54, 1.807) is 4.90 Å². The van der Waals surface area contributed by atoms with Crippen LogP contribution in [0.15, 0.2) is 18.2 Å². The molecule has 1 N–H and O–H groups in total. The Hall–Kier alpha value is -1.84. The van der Waals surface area contributed by atoms with Gasteiger partial charge in [0.1, 0.15) is 0 Å². The van der Waals surface area contributed by atoms with Crippen molar-refractivity contribution in [2.24, 2.45) is 5.92 Å². The zero-order valence-electron chi connectivity index (χ0n) is 12.2. The number of nitrogens with zero attached hydrogens (tertiary/aromatic N) is 1. The molecule has 2 rings (SSSR count). The van der Waals surface area contributed by atoms with Gasteiger partial charge in [0.15, 0.2) is 0 Å². The molecule has 0 spiro atoms. The third-order valence-corrected chi connectivity index (χ3v) is 4.09. The first-order valence-electron chi connectivity index (χ1n) is 7.05. The summed E-state index contributed by atoms with van der Waals surface area (Å²) in [6, 6.07) is 5.62. The standard InChI is InChI=1S/C16H21NO3/c1-4-7-17-14(18)9-13(16(19)20)15(17)12-6-5-10(2)11(3)8-12/h5-6,8,13,15H,4,7,9H2,1-3H3,(H,19,20). The number of likely N-dealkylation sites (tertiary alicyclic amines) is 1. The summed E-state index contributed by atoms with van der Waals surface area (Å²) in [4.78, 5) is 25.3. The Labute approximate surface area is 119 Å². The highest BCUT2D eigenvalue weighted by Crippen LogP contribution is 2.38. The number of hydrogen-bond acceptors (Lipinski definition) is 2. The second-order valence-electron chi connectivity index (χ2n) is 5.52. The quantitative estimate of drug-likeness (QED) is 0.919. The van der Waals surface area contributed by atoms with E-state index in [1.807, 2.05) is 39.0 Å². The molecule has 20 heavy (non-hydrogen) atoms. The van der Waals surface area contributed by atoms with E-state index in [2.05, 4.69) is 0 Å². The molecule has 0 bridgehead atoms. The van der Waals surface area contributed by atoms with Crippen LogP contribution in [0.5, 0.6) is 0 Å². The maximum Gasteiger partial charge on any atom is 0.309 e. The topological polar surface area (TPSA) is 57.6 Å². The van der Waals surface area contributed by atoms with Crippen LogP contribution in [0.25, 0.3) is 0 Å². The van der Waals surface area contributed by atoms with Crippen LogP contribution in [0.1, 0.15) is 42.5 Å². The minimum atomic E-state index is -0.889. The minimum absolute atomic E-state index is 0.0533. The lowest BCUT2D eigenvalue weighted by atomic mass is 9.91. The zero-order chi connectivity index (χ0) is 14.9. The monoisotopic (exact) mass is 275 g/mol. The predicted molar refractivity (Wildman–Crippen MR) is 76.4 cm³/mol.